The molecule has 0 fully saturated rings. The highest BCUT2D eigenvalue weighted by Gasteiger charge is 2.55. The lowest BCUT2D eigenvalue weighted by atomic mass is 9.69. The van der Waals surface area contributed by atoms with Gasteiger partial charge in [0.05, 0.1) is 17.9 Å². The van der Waals surface area contributed by atoms with E-state index in [1.807, 2.05) is 0 Å². The molecule has 3 aromatic rings. The molecule has 0 unspecified atom stereocenters. The number of rotatable bonds is 12. The van der Waals surface area contributed by atoms with E-state index in [4.69, 9.17) is 28.4 Å². The SMILES string of the molecule is C=C(C)C[C@@H](O)COc1cc2c(cc1C1(c3cc4c(cc3OC[C@H](O)CC(=C)C)OCO4)C(=O)Nc3c(F)cccc31)OCO2. The smallest absolute Gasteiger partial charge is 0.244 e. The average Bonchev–Trinajstić information content (AvgIpc) is 3.71. The van der Waals surface area contributed by atoms with Gasteiger partial charge in [0.15, 0.2) is 23.0 Å². The largest absolute Gasteiger partial charge is 0.490 e. The maximum Gasteiger partial charge on any atom is 0.244 e. The Kier molecular flexibility index (Phi) is 8.07. The minimum absolute atomic E-state index is 0.0145. The summed E-state index contributed by atoms with van der Waals surface area (Å²) >= 11 is 0. The normalized spacial score (nSPS) is 16.5. The maximum atomic E-state index is 15.4. The zero-order chi connectivity index (χ0) is 31.9. The van der Waals surface area contributed by atoms with Gasteiger partial charge in [-0.3, -0.25) is 4.79 Å². The number of hydrogen-bond acceptors (Lipinski definition) is 9. The highest BCUT2D eigenvalue weighted by Crippen LogP contribution is 2.57. The van der Waals surface area contributed by atoms with Crippen LogP contribution in [0.3, 0.4) is 0 Å². The number of nitrogens with one attached hydrogen (secondary N) is 1. The van der Waals surface area contributed by atoms with E-state index in [1.165, 1.54) is 12.1 Å². The zero-order valence-corrected chi connectivity index (χ0v) is 25.0. The third kappa shape index (κ3) is 5.53. The van der Waals surface area contributed by atoms with Crippen molar-refractivity contribution in [2.75, 3.05) is 32.1 Å². The topological polar surface area (TPSA) is 125 Å². The molecule has 0 bridgehead atoms. The van der Waals surface area contributed by atoms with Crippen molar-refractivity contribution >= 4 is 11.6 Å². The van der Waals surface area contributed by atoms with Gasteiger partial charge in [-0.05, 0) is 44.9 Å². The minimum atomic E-state index is -1.79. The second kappa shape index (κ2) is 12.0. The van der Waals surface area contributed by atoms with E-state index in [2.05, 4.69) is 18.5 Å². The highest BCUT2D eigenvalue weighted by molar-refractivity contribution is 6.12. The van der Waals surface area contributed by atoms with Gasteiger partial charge in [-0.2, -0.15) is 0 Å². The fourth-order valence-corrected chi connectivity index (χ4v) is 5.94. The molecule has 10 nitrogen and oxygen atoms in total. The molecule has 45 heavy (non-hydrogen) atoms. The van der Waals surface area contributed by atoms with Crippen molar-refractivity contribution in [2.45, 2.75) is 44.3 Å². The number of carbonyl (C=O) groups is 1. The molecular formula is C34H34FNO9. The van der Waals surface area contributed by atoms with Crippen LogP contribution < -0.4 is 33.7 Å². The van der Waals surface area contributed by atoms with E-state index in [0.29, 0.717) is 35.8 Å². The van der Waals surface area contributed by atoms with Crippen LogP contribution in [0.25, 0.3) is 0 Å². The van der Waals surface area contributed by atoms with Crippen LogP contribution in [0.4, 0.5) is 10.1 Å². The van der Waals surface area contributed by atoms with Gasteiger partial charge in [0.1, 0.15) is 35.9 Å². The van der Waals surface area contributed by atoms with E-state index in [-0.39, 0.29) is 60.7 Å². The van der Waals surface area contributed by atoms with Crippen LogP contribution >= 0.6 is 0 Å². The summed E-state index contributed by atoms with van der Waals surface area (Å²) in [5.74, 6) is 0.593. The van der Waals surface area contributed by atoms with Gasteiger partial charge in [0.25, 0.3) is 0 Å². The molecule has 1 amide bonds. The summed E-state index contributed by atoms with van der Waals surface area (Å²) in [5.41, 5.74) is 0.574. The van der Waals surface area contributed by atoms with Crippen molar-refractivity contribution in [3.63, 3.8) is 0 Å². The van der Waals surface area contributed by atoms with E-state index in [0.717, 1.165) is 11.1 Å². The van der Waals surface area contributed by atoms with Crippen LogP contribution in [-0.2, 0) is 10.2 Å². The van der Waals surface area contributed by atoms with Crippen molar-refractivity contribution in [3.8, 4) is 34.5 Å². The summed E-state index contributed by atoms with van der Waals surface area (Å²) in [6, 6.07) is 10.8. The van der Waals surface area contributed by atoms with Gasteiger partial charge in [0, 0.05) is 28.8 Å². The molecule has 3 aliphatic rings. The zero-order valence-electron chi connectivity index (χ0n) is 25.0. The number of carbonyl (C=O) groups excluding carboxylic acids is 1. The number of benzene rings is 3. The Balaban J connectivity index is 1.59. The predicted octanol–water partition coefficient (Wildman–Crippen LogP) is 4.98. The predicted molar refractivity (Wildman–Crippen MR) is 162 cm³/mol. The molecule has 3 aliphatic heterocycles. The van der Waals surface area contributed by atoms with Crippen LogP contribution in [-0.4, -0.2) is 55.1 Å². The highest BCUT2D eigenvalue weighted by atomic mass is 19.1. The Hall–Kier alpha value is -4.74. The van der Waals surface area contributed by atoms with Crippen molar-refractivity contribution in [1.29, 1.82) is 0 Å². The number of fused-ring (bicyclic) bond motifs is 3. The number of aliphatic hydroxyl groups excluding tert-OH is 2. The third-order valence-electron chi connectivity index (χ3n) is 7.78. The quantitative estimate of drug-likeness (QED) is 0.241. The molecule has 0 aromatic heterocycles. The first-order valence-electron chi connectivity index (χ1n) is 14.5. The van der Waals surface area contributed by atoms with Gasteiger partial charge in [-0.25, -0.2) is 4.39 Å². The number of para-hydroxylation sites is 1. The lowest BCUT2D eigenvalue weighted by Gasteiger charge is -2.32. The van der Waals surface area contributed by atoms with Gasteiger partial charge in [0.2, 0.25) is 19.5 Å². The van der Waals surface area contributed by atoms with E-state index in [1.54, 1.807) is 44.2 Å². The number of amides is 1. The van der Waals surface area contributed by atoms with Gasteiger partial charge < -0.3 is 44.0 Å². The van der Waals surface area contributed by atoms with Gasteiger partial charge in [-0.15, -0.1) is 13.2 Å². The van der Waals surface area contributed by atoms with E-state index < -0.39 is 29.3 Å². The van der Waals surface area contributed by atoms with Crippen molar-refractivity contribution in [2.24, 2.45) is 0 Å². The Morgan fingerprint density at radius 1 is 0.844 bits per heavy atom. The maximum absolute atomic E-state index is 15.4. The molecule has 0 radical (unpaired) electrons. The summed E-state index contributed by atoms with van der Waals surface area (Å²) in [7, 11) is 0. The van der Waals surface area contributed by atoms with Crippen LogP contribution in [0.5, 0.6) is 34.5 Å². The van der Waals surface area contributed by atoms with Crippen molar-refractivity contribution in [1.82, 2.24) is 0 Å². The first-order chi connectivity index (χ1) is 21.6. The number of aliphatic hydroxyl groups is 2. The summed E-state index contributed by atoms with van der Waals surface area (Å²) in [4.78, 5) is 14.5. The summed E-state index contributed by atoms with van der Waals surface area (Å²) in [6.45, 7) is 10.9. The fourth-order valence-electron chi connectivity index (χ4n) is 5.94. The lowest BCUT2D eigenvalue weighted by molar-refractivity contribution is -0.118. The van der Waals surface area contributed by atoms with Crippen LogP contribution in [0.15, 0.2) is 66.8 Å². The summed E-state index contributed by atoms with van der Waals surface area (Å²) in [5, 5.41) is 24.0. The summed E-state index contributed by atoms with van der Waals surface area (Å²) < 4.78 is 50.5. The molecule has 3 N–H and O–H groups in total. The molecule has 2 atom stereocenters. The third-order valence-corrected chi connectivity index (χ3v) is 7.78. The van der Waals surface area contributed by atoms with Crippen LogP contribution in [0.1, 0.15) is 43.4 Å². The number of anilines is 1. The molecule has 0 spiro atoms. The second-order valence-corrected chi connectivity index (χ2v) is 11.5. The fraction of sp³-hybridized carbons (Fsp3) is 0.324. The Morgan fingerprint density at radius 3 is 1.78 bits per heavy atom. The molecular weight excluding hydrogens is 585 g/mol. The Labute approximate surface area is 259 Å². The Bertz CT molecular complexity index is 1600. The molecule has 0 saturated carbocycles. The first kappa shape index (κ1) is 30.3. The molecule has 0 saturated heterocycles. The van der Waals surface area contributed by atoms with Crippen LogP contribution in [0, 0.1) is 5.82 Å². The Morgan fingerprint density at radius 2 is 1.31 bits per heavy atom. The van der Waals surface area contributed by atoms with Crippen molar-refractivity contribution < 1.29 is 47.8 Å². The second-order valence-electron chi connectivity index (χ2n) is 11.5. The molecule has 0 aliphatic carbocycles. The van der Waals surface area contributed by atoms with E-state index >= 15 is 4.39 Å². The van der Waals surface area contributed by atoms with Crippen LogP contribution in [0.2, 0.25) is 0 Å². The first-order valence-corrected chi connectivity index (χ1v) is 14.5. The minimum Gasteiger partial charge on any atom is -0.490 e. The molecule has 236 valence electrons. The standard InChI is InChI=1S/C34H34FNO9/c1-18(2)8-20(37)14-40-26-12-30-28(42-16-44-30)10-23(26)34(22-6-5-7-25(35)32(22)36-33(34)39)24-11-29-31(45-17-43-29)13-27(24)41-15-21(38)9-19(3)4/h5-7,10-13,20-21,37-38H,1,3,8-9,14-17H2,2,4H3,(H,36,39)/t20-,21-/m1/s1. The van der Waals surface area contributed by atoms with E-state index in [9.17, 15) is 15.0 Å². The molecule has 6 rings (SSSR count). The van der Waals surface area contributed by atoms with Gasteiger partial charge >= 0.3 is 0 Å². The molecule has 3 aromatic carbocycles. The van der Waals surface area contributed by atoms with Crippen molar-refractivity contribution in [3.05, 3.63) is 89.3 Å². The molecule has 3 heterocycles. The number of halogens is 1. The summed E-state index contributed by atoms with van der Waals surface area (Å²) in [6.07, 6.45) is -1.19. The van der Waals surface area contributed by atoms with Gasteiger partial charge in [-0.1, -0.05) is 23.3 Å². The lowest BCUT2D eigenvalue weighted by Crippen LogP contribution is -2.38. The monoisotopic (exact) mass is 619 g/mol. The average molecular weight is 620 g/mol. The number of ether oxygens (including phenoxy) is 6. The number of hydrogen-bond donors (Lipinski definition) is 3. The molecule has 11 heteroatoms.